The molecule has 1 aliphatic rings. The molecular formula is C22H26F3NO8. The molecule has 1 aromatic carbocycles. The van der Waals surface area contributed by atoms with E-state index in [1.165, 1.54) is 19.2 Å². The van der Waals surface area contributed by atoms with Gasteiger partial charge in [-0.3, -0.25) is 9.59 Å². The lowest BCUT2D eigenvalue weighted by molar-refractivity contribution is -0.216. The van der Waals surface area contributed by atoms with Crippen molar-refractivity contribution in [2.24, 2.45) is 11.3 Å². The summed E-state index contributed by atoms with van der Waals surface area (Å²) in [5, 5.41) is 9.91. The molecule has 1 aromatic rings. The molecule has 1 aliphatic heterocycles. The number of rotatable bonds is 8. The summed E-state index contributed by atoms with van der Waals surface area (Å²) < 4.78 is 53.9. The van der Waals surface area contributed by atoms with Crippen molar-refractivity contribution in [2.75, 3.05) is 14.2 Å². The van der Waals surface area contributed by atoms with Crippen LogP contribution in [-0.2, 0) is 35.2 Å². The molecule has 0 aromatic heterocycles. The van der Waals surface area contributed by atoms with Crippen LogP contribution in [0.25, 0.3) is 0 Å². The Morgan fingerprint density at radius 1 is 1.15 bits per heavy atom. The monoisotopic (exact) mass is 489 g/mol. The number of carbonyl (C=O) groups is 4. The standard InChI is InChI=1S/C22H26F3NO8/c1-12(2)10-21(18(30)33-5)15(34-19(31)22(23,24)25)20(3,17(28)29)16(27)26(21)11-13-6-8-14(32-4)9-7-13/h6-9,12,15H,10-11H2,1-5H3,(H,28,29)/t15-,20-,21-/m1/s1. The zero-order chi connectivity index (χ0) is 26.1. The van der Waals surface area contributed by atoms with Crippen LogP contribution in [-0.4, -0.2) is 65.9 Å². The number of carboxylic acid groups (broad SMARTS) is 1. The summed E-state index contributed by atoms with van der Waals surface area (Å²) in [6.07, 6.45) is -8.15. The first-order valence-corrected chi connectivity index (χ1v) is 10.2. The molecule has 1 N–H and O–H groups in total. The first kappa shape index (κ1) is 26.9. The predicted molar refractivity (Wildman–Crippen MR) is 109 cm³/mol. The van der Waals surface area contributed by atoms with E-state index in [9.17, 15) is 37.5 Å². The third-order valence-corrected chi connectivity index (χ3v) is 5.79. The van der Waals surface area contributed by atoms with E-state index in [2.05, 4.69) is 4.74 Å². The fourth-order valence-electron chi connectivity index (χ4n) is 4.23. The molecule has 9 nitrogen and oxygen atoms in total. The van der Waals surface area contributed by atoms with Crippen LogP contribution in [0.3, 0.4) is 0 Å². The van der Waals surface area contributed by atoms with Crippen LogP contribution >= 0.6 is 0 Å². The fourth-order valence-corrected chi connectivity index (χ4v) is 4.23. The van der Waals surface area contributed by atoms with Gasteiger partial charge in [-0.15, -0.1) is 0 Å². The second-order valence-corrected chi connectivity index (χ2v) is 8.54. The summed E-state index contributed by atoms with van der Waals surface area (Å²) in [7, 11) is 2.38. The number of carbonyl (C=O) groups excluding carboxylic acids is 3. The van der Waals surface area contributed by atoms with Gasteiger partial charge < -0.3 is 24.2 Å². The first-order chi connectivity index (χ1) is 15.7. The Labute approximate surface area is 193 Å². The third kappa shape index (κ3) is 4.53. The van der Waals surface area contributed by atoms with Crippen molar-refractivity contribution in [3.05, 3.63) is 29.8 Å². The summed E-state index contributed by atoms with van der Waals surface area (Å²) in [4.78, 5) is 51.6. The highest BCUT2D eigenvalue weighted by molar-refractivity contribution is 6.09. The highest BCUT2D eigenvalue weighted by Gasteiger charge is 2.74. The van der Waals surface area contributed by atoms with E-state index in [0.717, 1.165) is 18.9 Å². The number of hydrogen-bond donors (Lipinski definition) is 1. The lowest BCUT2D eigenvalue weighted by atomic mass is 9.74. The molecule has 0 spiro atoms. The number of methoxy groups -OCH3 is 2. The molecule has 0 saturated carbocycles. The summed E-state index contributed by atoms with van der Waals surface area (Å²) in [5.41, 5.74) is -4.62. The number of likely N-dealkylation sites (tertiary alicyclic amines) is 1. The Bertz CT molecular complexity index is 962. The lowest BCUT2D eigenvalue weighted by Crippen LogP contribution is -2.61. The number of carboxylic acids is 1. The maximum Gasteiger partial charge on any atom is 0.490 e. The second-order valence-electron chi connectivity index (χ2n) is 8.54. The van der Waals surface area contributed by atoms with Gasteiger partial charge in [0.2, 0.25) is 5.91 Å². The van der Waals surface area contributed by atoms with E-state index in [4.69, 9.17) is 9.47 Å². The summed E-state index contributed by atoms with van der Waals surface area (Å²) in [5.74, 6) is -6.94. The molecule has 3 atom stereocenters. The lowest BCUT2D eigenvalue weighted by Gasteiger charge is -2.40. The van der Waals surface area contributed by atoms with E-state index in [0.29, 0.717) is 11.3 Å². The highest BCUT2D eigenvalue weighted by Crippen LogP contribution is 2.50. The summed E-state index contributed by atoms with van der Waals surface area (Å²) in [6.45, 7) is 3.69. The number of ether oxygens (including phenoxy) is 3. The number of esters is 2. The Hall–Kier alpha value is -3.31. The van der Waals surface area contributed by atoms with Crippen molar-refractivity contribution >= 4 is 23.8 Å². The van der Waals surface area contributed by atoms with Crippen molar-refractivity contribution in [1.82, 2.24) is 4.90 Å². The number of alkyl halides is 3. The SMILES string of the molecule is COC(=O)[C@@]1(CC(C)C)[C@H](OC(=O)C(F)(F)F)[C@@](C)(C(=O)O)C(=O)N1Cc1ccc(OC)cc1. The van der Waals surface area contributed by atoms with Gasteiger partial charge >= 0.3 is 24.1 Å². The van der Waals surface area contributed by atoms with Crippen LogP contribution in [0.2, 0.25) is 0 Å². The minimum atomic E-state index is -5.49. The van der Waals surface area contributed by atoms with E-state index in [1.807, 2.05) is 0 Å². The van der Waals surface area contributed by atoms with E-state index < -0.39 is 53.0 Å². The zero-order valence-corrected chi connectivity index (χ0v) is 19.3. The minimum absolute atomic E-state index is 0.333. The van der Waals surface area contributed by atoms with Crippen LogP contribution in [0.15, 0.2) is 24.3 Å². The van der Waals surface area contributed by atoms with Crippen molar-refractivity contribution in [3.8, 4) is 5.75 Å². The van der Waals surface area contributed by atoms with Crippen LogP contribution in [0.5, 0.6) is 5.75 Å². The zero-order valence-electron chi connectivity index (χ0n) is 19.3. The van der Waals surface area contributed by atoms with Crippen molar-refractivity contribution < 1.29 is 51.7 Å². The van der Waals surface area contributed by atoms with Gasteiger partial charge in [-0.1, -0.05) is 26.0 Å². The van der Waals surface area contributed by atoms with Crippen LogP contribution in [0.4, 0.5) is 13.2 Å². The Kier molecular flexibility index (Phi) is 7.54. The average Bonchev–Trinajstić information content (AvgIpc) is 2.93. The second kappa shape index (κ2) is 9.51. The largest absolute Gasteiger partial charge is 0.497 e. The van der Waals surface area contributed by atoms with Crippen LogP contribution in [0.1, 0.15) is 32.8 Å². The number of halogens is 3. The van der Waals surface area contributed by atoms with Gasteiger partial charge in [-0.25, -0.2) is 9.59 Å². The third-order valence-electron chi connectivity index (χ3n) is 5.79. The maximum atomic E-state index is 13.5. The van der Waals surface area contributed by atoms with E-state index >= 15 is 0 Å². The van der Waals surface area contributed by atoms with Gasteiger partial charge in [0, 0.05) is 6.54 Å². The van der Waals surface area contributed by atoms with Crippen molar-refractivity contribution in [1.29, 1.82) is 0 Å². The number of amides is 1. The molecule has 12 heteroatoms. The fraction of sp³-hybridized carbons (Fsp3) is 0.545. The molecule has 0 aliphatic carbocycles. The van der Waals surface area contributed by atoms with Crippen LogP contribution < -0.4 is 4.74 Å². The molecule has 1 fully saturated rings. The van der Waals surface area contributed by atoms with Crippen molar-refractivity contribution in [3.63, 3.8) is 0 Å². The van der Waals surface area contributed by atoms with Crippen molar-refractivity contribution in [2.45, 2.75) is 51.6 Å². The molecule has 1 amide bonds. The molecule has 0 bridgehead atoms. The Morgan fingerprint density at radius 3 is 2.12 bits per heavy atom. The molecule has 0 unspecified atom stereocenters. The van der Waals surface area contributed by atoms with E-state index in [1.54, 1.807) is 26.0 Å². The number of nitrogens with zero attached hydrogens (tertiary/aromatic N) is 1. The van der Waals surface area contributed by atoms with Gasteiger partial charge in [-0.05, 0) is 37.0 Å². The molecule has 1 saturated heterocycles. The van der Waals surface area contributed by atoms with Gasteiger partial charge in [0.05, 0.1) is 14.2 Å². The maximum absolute atomic E-state index is 13.5. The first-order valence-electron chi connectivity index (χ1n) is 10.2. The predicted octanol–water partition coefficient (Wildman–Crippen LogP) is 2.56. The quantitative estimate of drug-likeness (QED) is 0.437. The molecule has 0 radical (unpaired) electrons. The summed E-state index contributed by atoms with van der Waals surface area (Å²) >= 11 is 0. The topological polar surface area (TPSA) is 119 Å². The molecule has 188 valence electrons. The molecule has 2 rings (SSSR count). The number of aliphatic carboxylic acids is 1. The molecule has 1 heterocycles. The molecule has 34 heavy (non-hydrogen) atoms. The van der Waals surface area contributed by atoms with Gasteiger partial charge in [0.1, 0.15) is 5.75 Å². The normalized spacial score (nSPS) is 24.8. The van der Waals surface area contributed by atoms with Crippen LogP contribution in [0, 0.1) is 11.3 Å². The molecular weight excluding hydrogens is 463 g/mol. The van der Waals surface area contributed by atoms with Gasteiger partial charge in [0.15, 0.2) is 17.1 Å². The van der Waals surface area contributed by atoms with E-state index in [-0.39, 0.29) is 13.0 Å². The Morgan fingerprint density at radius 2 is 1.71 bits per heavy atom. The number of hydrogen-bond acceptors (Lipinski definition) is 7. The highest BCUT2D eigenvalue weighted by atomic mass is 19.4. The summed E-state index contributed by atoms with van der Waals surface area (Å²) in [6, 6.07) is 6.18. The Balaban J connectivity index is 2.78. The minimum Gasteiger partial charge on any atom is -0.497 e. The smallest absolute Gasteiger partial charge is 0.490 e. The van der Waals surface area contributed by atoms with Gasteiger partial charge in [-0.2, -0.15) is 13.2 Å². The van der Waals surface area contributed by atoms with Gasteiger partial charge in [0.25, 0.3) is 0 Å². The average molecular weight is 489 g/mol. The number of benzene rings is 1.